The number of sulfonamides is 1. The monoisotopic (exact) mass is 398 g/mol. The van der Waals surface area contributed by atoms with Crippen LogP contribution in [0.1, 0.15) is 38.1 Å². The van der Waals surface area contributed by atoms with Gasteiger partial charge in [-0.3, -0.25) is 4.79 Å². The Morgan fingerprint density at radius 3 is 2.11 bits per heavy atom. The van der Waals surface area contributed by atoms with Crippen LogP contribution in [0.2, 0.25) is 0 Å². The molecular weight excluding hydrogens is 372 g/mol. The highest BCUT2D eigenvalue weighted by Gasteiger charge is 2.32. The third-order valence-electron chi connectivity index (χ3n) is 4.36. The van der Waals surface area contributed by atoms with Gasteiger partial charge in [0.1, 0.15) is 6.04 Å². The van der Waals surface area contributed by atoms with Crippen LogP contribution in [0.3, 0.4) is 0 Å². The van der Waals surface area contributed by atoms with Gasteiger partial charge in [-0.25, -0.2) is 13.2 Å². The number of benzene rings is 1. The van der Waals surface area contributed by atoms with Crippen LogP contribution in [-0.4, -0.2) is 61.0 Å². The summed E-state index contributed by atoms with van der Waals surface area (Å²) < 4.78 is 32.6. The molecule has 0 bridgehead atoms. The van der Waals surface area contributed by atoms with Crippen LogP contribution < -0.4 is 5.32 Å². The van der Waals surface area contributed by atoms with Crippen LogP contribution >= 0.6 is 0 Å². The third kappa shape index (κ3) is 5.06. The number of hydrogen-bond donors (Lipinski definition) is 2. The Hall–Kier alpha value is -1.97. The minimum Gasteiger partial charge on any atom is -0.480 e. The molecule has 0 radical (unpaired) electrons. The van der Waals surface area contributed by atoms with Crippen LogP contribution in [0, 0.1) is 5.92 Å². The molecule has 1 aliphatic rings. The molecule has 1 aromatic rings. The van der Waals surface area contributed by atoms with Gasteiger partial charge in [-0.05, 0) is 44.0 Å². The zero-order valence-corrected chi connectivity index (χ0v) is 16.7. The van der Waals surface area contributed by atoms with Crippen molar-refractivity contribution in [2.75, 3.05) is 13.1 Å². The van der Waals surface area contributed by atoms with Crippen molar-refractivity contribution in [3.8, 4) is 0 Å². The molecule has 2 N–H and O–H groups in total. The lowest BCUT2D eigenvalue weighted by Gasteiger charge is -2.34. The van der Waals surface area contributed by atoms with Gasteiger partial charge in [0.05, 0.1) is 17.1 Å². The maximum atomic E-state index is 12.8. The number of carbonyl (C=O) groups excluding carboxylic acids is 1. The molecule has 3 atom stereocenters. The molecule has 8 nitrogen and oxygen atoms in total. The normalized spacial score (nSPS) is 22.4. The molecule has 9 heteroatoms. The van der Waals surface area contributed by atoms with E-state index in [9.17, 15) is 18.0 Å². The molecular formula is C18H26N2O6S. The minimum absolute atomic E-state index is 0.0824. The standard InChI is InChI=1S/C18H26N2O6S/c1-11(2)16(18(22)23)19-17(21)14-5-7-15(8-6-14)27(24,25)20-9-12(3)26-13(4)10-20/h5-8,11-13,16H,9-10H2,1-4H3,(H,19,21)(H,22,23)/t12-,13+,16-/m1/s1. The molecule has 0 unspecified atom stereocenters. The highest BCUT2D eigenvalue weighted by atomic mass is 32.2. The number of aliphatic carboxylic acids is 1. The number of morpholine rings is 1. The van der Waals surface area contributed by atoms with Crippen molar-refractivity contribution in [3.05, 3.63) is 29.8 Å². The summed E-state index contributed by atoms with van der Waals surface area (Å²) >= 11 is 0. The summed E-state index contributed by atoms with van der Waals surface area (Å²) in [6.07, 6.45) is -0.393. The Bertz CT molecular complexity index is 781. The van der Waals surface area contributed by atoms with E-state index in [2.05, 4.69) is 5.32 Å². The first-order chi connectivity index (χ1) is 12.5. The van der Waals surface area contributed by atoms with E-state index in [0.29, 0.717) is 0 Å². The molecule has 1 aliphatic heterocycles. The fraction of sp³-hybridized carbons (Fsp3) is 0.556. The number of ether oxygens (including phenoxy) is 1. The van der Waals surface area contributed by atoms with Crippen LogP contribution in [0.4, 0.5) is 0 Å². The molecule has 0 spiro atoms. The SMILES string of the molecule is CC(C)[C@@H](NC(=O)c1ccc(S(=O)(=O)N2C[C@@H](C)O[C@@H](C)C2)cc1)C(=O)O. The van der Waals surface area contributed by atoms with E-state index >= 15 is 0 Å². The Morgan fingerprint density at radius 1 is 1.15 bits per heavy atom. The summed E-state index contributed by atoms with van der Waals surface area (Å²) in [4.78, 5) is 23.6. The molecule has 1 aromatic carbocycles. The summed E-state index contributed by atoms with van der Waals surface area (Å²) in [5.74, 6) is -1.96. The van der Waals surface area contributed by atoms with Gasteiger partial charge in [0.2, 0.25) is 10.0 Å². The number of nitrogens with one attached hydrogen (secondary N) is 1. The summed E-state index contributed by atoms with van der Waals surface area (Å²) in [6, 6.07) is 4.47. The molecule has 1 fully saturated rings. The summed E-state index contributed by atoms with van der Waals surface area (Å²) in [7, 11) is -3.69. The number of carboxylic acid groups (broad SMARTS) is 1. The van der Waals surface area contributed by atoms with Crippen molar-refractivity contribution < 1.29 is 27.9 Å². The summed E-state index contributed by atoms with van der Waals surface area (Å²) in [6.45, 7) is 7.56. The fourth-order valence-electron chi connectivity index (χ4n) is 2.99. The predicted molar refractivity (Wildman–Crippen MR) is 98.9 cm³/mol. The Balaban J connectivity index is 2.16. The number of rotatable bonds is 6. The molecule has 150 valence electrons. The van der Waals surface area contributed by atoms with Crippen molar-refractivity contribution in [2.45, 2.75) is 50.8 Å². The smallest absolute Gasteiger partial charge is 0.326 e. The molecule has 0 aliphatic carbocycles. The number of carboxylic acids is 1. The fourth-order valence-corrected chi connectivity index (χ4v) is 4.58. The van der Waals surface area contributed by atoms with Crippen molar-refractivity contribution in [1.82, 2.24) is 9.62 Å². The number of hydrogen-bond acceptors (Lipinski definition) is 5. The number of amides is 1. The van der Waals surface area contributed by atoms with Crippen molar-refractivity contribution in [1.29, 1.82) is 0 Å². The Labute approximate surface area is 159 Å². The zero-order valence-electron chi connectivity index (χ0n) is 15.9. The van der Waals surface area contributed by atoms with Gasteiger partial charge in [-0.2, -0.15) is 4.31 Å². The zero-order chi connectivity index (χ0) is 20.4. The molecule has 1 saturated heterocycles. The van der Waals surface area contributed by atoms with Gasteiger partial charge in [0, 0.05) is 18.7 Å². The van der Waals surface area contributed by atoms with Crippen molar-refractivity contribution in [3.63, 3.8) is 0 Å². The van der Waals surface area contributed by atoms with E-state index in [1.54, 1.807) is 13.8 Å². The van der Waals surface area contributed by atoms with Gasteiger partial charge in [-0.1, -0.05) is 13.8 Å². The van der Waals surface area contributed by atoms with E-state index in [1.165, 1.54) is 28.6 Å². The van der Waals surface area contributed by atoms with Crippen LogP contribution in [0.25, 0.3) is 0 Å². The van der Waals surface area contributed by atoms with E-state index in [4.69, 9.17) is 9.84 Å². The topological polar surface area (TPSA) is 113 Å². The van der Waals surface area contributed by atoms with Gasteiger partial charge in [-0.15, -0.1) is 0 Å². The lowest BCUT2D eigenvalue weighted by Crippen LogP contribution is -2.48. The van der Waals surface area contributed by atoms with Crippen molar-refractivity contribution in [2.24, 2.45) is 5.92 Å². The van der Waals surface area contributed by atoms with Crippen LogP contribution in [0.15, 0.2) is 29.2 Å². The van der Waals surface area contributed by atoms with Gasteiger partial charge >= 0.3 is 5.97 Å². The lowest BCUT2D eigenvalue weighted by atomic mass is 10.0. The first kappa shape index (κ1) is 21.3. The molecule has 2 rings (SSSR count). The maximum Gasteiger partial charge on any atom is 0.326 e. The summed E-state index contributed by atoms with van der Waals surface area (Å²) in [5.41, 5.74) is 0.199. The van der Waals surface area contributed by atoms with Crippen LogP contribution in [0.5, 0.6) is 0 Å². The van der Waals surface area contributed by atoms with E-state index in [-0.39, 0.29) is 41.7 Å². The van der Waals surface area contributed by atoms with E-state index in [0.717, 1.165) is 0 Å². The highest BCUT2D eigenvalue weighted by molar-refractivity contribution is 7.89. The highest BCUT2D eigenvalue weighted by Crippen LogP contribution is 2.21. The molecule has 0 aromatic heterocycles. The Morgan fingerprint density at radius 2 is 1.67 bits per heavy atom. The average molecular weight is 398 g/mol. The molecule has 0 saturated carbocycles. The first-order valence-electron chi connectivity index (χ1n) is 8.81. The average Bonchev–Trinajstić information content (AvgIpc) is 2.58. The minimum atomic E-state index is -3.69. The van der Waals surface area contributed by atoms with E-state index < -0.39 is 27.9 Å². The van der Waals surface area contributed by atoms with Crippen LogP contribution in [-0.2, 0) is 19.6 Å². The van der Waals surface area contributed by atoms with E-state index in [1.807, 2.05) is 13.8 Å². The van der Waals surface area contributed by atoms with Gasteiger partial charge in [0.25, 0.3) is 5.91 Å². The third-order valence-corrected chi connectivity index (χ3v) is 6.21. The first-order valence-corrected chi connectivity index (χ1v) is 10.3. The number of nitrogens with zero attached hydrogens (tertiary/aromatic N) is 1. The number of carbonyl (C=O) groups is 2. The summed E-state index contributed by atoms with van der Waals surface area (Å²) in [5, 5.41) is 11.6. The maximum absolute atomic E-state index is 12.8. The largest absolute Gasteiger partial charge is 0.480 e. The van der Waals surface area contributed by atoms with Gasteiger partial charge < -0.3 is 15.2 Å². The lowest BCUT2D eigenvalue weighted by molar-refractivity contribution is -0.140. The second-order valence-electron chi connectivity index (χ2n) is 7.14. The molecule has 1 amide bonds. The second-order valence-corrected chi connectivity index (χ2v) is 9.08. The van der Waals surface area contributed by atoms with Crippen molar-refractivity contribution >= 4 is 21.9 Å². The molecule has 1 heterocycles. The molecule has 27 heavy (non-hydrogen) atoms. The second kappa shape index (κ2) is 8.37. The predicted octanol–water partition coefficient (Wildman–Crippen LogP) is 1.32. The Kier molecular flexibility index (Phi) is 6.61. The quantitative estimate of drug-likeness (QED) is 0.747. The van der Waals surface area contributed by atoms with Gasteiger partial charge in [0.15, 0.2) is 0 Å².